The van der Waals surface area contributed by atoms with E-state index in [-0.39, 0.29) is 23.5 Å². The van der Waals surface area contributed by atoms with Crippen molar-refractivity contribution in [3.05, 3.63) is 24.3 Å². The Morgan fingerprint density at radius 2 is 2.00 bits per heavy atom. The van der Waals surface area contributed by atoms with Crippen molar-refractivity contribution in [3.8, 4) is 0 Å². The maximum Gasteiger partial charge on any atom is 0.238 e. The summed E-state index contributed by atoms with van der Waals surface area (Å²) >= 11 is 1.50. The highest BCUT2D eigenvalue weighted by Gasteiger charge is 2.31. The molecule has 1 N–H and O–H groups in total. The Bertz CT molecular complexity index is 570. The number of nitrogens with zero attached hydrogens (tertiary/aromatic N) is 1. The maximum absolute atomic E-state index is 12.5. The van der Waals surface area contributed by atoms with Crippen molar-refractivity contribution in [2.75, 3.05) is 12.4 Å². The van der Waals surface area contributed by atoms with Gasteiger partial charge >= 0.3 is 0 Å². The molecule has 3 rings (SSSR count). The molecule has 2 amide bonds. The van der Waals surface area contributed by atoms with Crippen molar-refractivity contribution < 1.29 is 9.59 Å². The van der Waals surface area contributed by atoms with E-state index in [0.717, 1.165) is 23.4 Å². The maximum atomic E-state index is 12.5. The van der Waals surface area contributed by atoms with E-state index in [4.69, 9.17) is 0 Å². The fourth-order valence-corrected chi connectivity index (χ4v) is 4.30. The van der Waals surface area contributed by atoms with Crippen LogP contribution in [0.3, 0.4) is 0 Å². The smallest absolute Gasteiger partial charge is 0.238 e. The number of benzene rings is 1. The number of carbonyl (C=O) groups is 2. The minimum Gasteiger partial charge on any atom is -0.343 e. The molecule has 0 aromatic heterocycles. The van der Waals surface area contributed by atoms with E-state index >= 15 is 0 Å². The van der Waals surface area contributed by atoms with Crippen LogP contribution in [0, 0.1) is 0 Å². The molecule has 0 saturated heterocycles. The molecule has 0 radical (unpaired) electrons. The van der Waals surface area contributed by atoms with E-state index in [1.165, 1.54) is 31.0 Å². The summed E-state index contributed by atoms with van der Waals surface area (Å²) in [4.78, 5) is 27.6. The lowest BCUT2D eigenvalue weighted by Gasteiger charge is -2.32. The number of carbonyl (C=O) groups excluding carboxylic acids is 2. The van der Waals surface area contributed by atoms with Gasteiger partial charge in [0, 0.05) is 24.4 Å². The first-order chi connectivity index (χ1) is 10.6. The normalized spacial score (nSPS) is 21.9. The summed E-state index contributed by atoms with van der Waals surface area (Å²) in [5.74, 6) is 0.0213. The summed E-state index contributed by atoms with van der Waals surface area (Å²) in [6.45, 7) is 0. The number of hydrogen-bond acceptors (Lipinski definition) is 3. The number of fused-ring (bicyclic) bond motifs is 1. The van der Waals surface area contributed by atoms with Gasteiger partial charge in [0.25, 0.3) is 0 Å². The van der Waals surface area contributed by atoms with Crippen LogP contribution in [-0.2, 0) is 9.59 Å². The van der Waals surface area contributed by atoms with Gasteiger partial charge in [0.2, 0.25) is 11.8 Å². The minimum absolute atomic E-state index is 0.0610. The molecule has 5 heteroatoms. The average molecular weight is 318 g/mol. The summed E-state index contributed by atoms with van der Waals surface area (Å²) in [7, 11) is 1.89. The Morgan fingerprint density at radius 3 is 2.77 bits per heavy atom. The number of amides is 2. The van der Waals surface area contributed by atoms with Crippen LogP contribution >= 0.6 is 11.8 Å². The van der Waals surface area contributed by atoms with Gasteiger partial charge in [0.05, 0.1) is 10.9 Å². The van der Waals surface area contributed by atoms with Crippen LogP contribution in [0.4, 0.5) is 5.69 Å². The predicted molar refractivity (Wildman–Crippen MR) is 89.0 cm³/mol. The number of para-hydroxylation sites is 1. The first-order valence-corrected chi connectivity index (χ1v) is 8.85. The van der Waals surface area contributed by atoms with Crippen molar-refractivity contribution in [1.82, 2.24) is 4.90 Å². The van der Waals surface area contributed by atoms with E-state index in [1.54, 1.807) is 0 Å². The molecule has 1 fully saturated rings. The molecule has 1 aromatic carbocycles. The molecular formula is C17H22N2O2S. The number of nitrogens with one attached hydrogen (secondary N) is 1. The molecule has 2 aliphatic rings. The topological polar surface area (TPSA) is 49.4 Å². The van der Waals surface area contributed by atoms with Crippen molar-refractivity contribution in [2.45, 2.75) is 54.7 Å². The van der Waals surface area contributed by atoms with E-state index in [9.17, 15) is 9.59 Å². The first kappa shape index (κ1) is 15.4. The molecule has 22 heavy (non-hydrogen) atoms. The third kappa shape index (κ3) is 3.29. The summed E-state index contributed by atoms with van der Waals surface area (Å²) < 4.78 is 0. The lowest BCUT2D eigenvalue weighted by Crippen LogP contribution is -2.41. The van der Waals surface area contributed by atoms with Crippen LogP contribution in [-0.4, -0.2) is 35.1 Å². The molecular weight excluding hydrogens is 296 g/mol. The van der Waals surface area contributed by atoms with Crippen LogP contribution < -0.4 is 5.32 Å². The van der Waals surface area contributed by atoms with E-state index < -0.39 is 0 Å². The molecule has 1 aliphatic carbocycles. The Kier molecular flexibility index (Phi) is 4.71. The molecule has 118 valence electrons. The van der Waals surface area contributed by atoms with Gasteiger partial charge in [-0.2, -0.15) is 0 Å². The Hall–Kier alpha value is -1.49. The molecule has 1 atom stereocenters. The van der Waals surface area contributed by atoms with Crippen molar-refractivity contribution in [2.24, 2.45) is 0 Å². The zero-order valence-corrected chi connectivity index (χ0v) is 13.7. The highest BCUT2D eigenvalue weighted by atomic mass is 32.2. The van der Waals surface area contributed by atoms with Gasteiger partial charge in [-0.15, -0.1) is 11.8 Å². The van der Waals surface area contributed by atoms with Gasteiger partial charge in [-0.25, -0.2) is 0 Å². The van der Waals surface area contributed by atoms with E-state index in [1.807, 2.05) is 36.2 Å². The fraction of sp³-hybridized carbons (Fsp3) is 0.529. The number of rotatable bonds is 3. The van der Waals surface area contributed by atoms with Gasteiger partial charge < -0.3 is 10.2 Å². The molecule has 1 heterocycles. The van der Waals surface area contributed by atoms with Crippen molar-refractivity contribution >= 4 is 29.3 Å². The van der Waals surface area contributed by atoms with Crippen molar-refractivity contribution in [3.63, 3.8) is 0 Å². The molecule has 1 saturated carbocycles. The molecule has 1 aromatic rings. The van der Waals surface area contributed by atoms with Gasteiger partial charge in [-0.3, -0.25) is 9.59 Å². The first-order valence-electron chi connectivity index (χ1n) is 7.97. The largest absolute Gasteiger partial charge is 0.343 e. The van der Waals surface area contributed by atoms with Crippen LogP contribution in [0.5, 0.6) is 0 Å². The second-order valence-corrected chi connectivity index (χ2v) is 7.34. The zero-order valence-electron chi connectivity index (χ0n) is 12.9. The van der Waals surface area contributed by atoms with Crippen LogP contribution in [0.15, 0.2) is 29.2 Å². The lowest BCUT2D eigenvalue weighted by molar-refractivity contribution is -0.133. The van der Waals surface area contributed by atoms with E-state index in [2.05, 4.69) is 5.32 Å². The fourth-order valence-electron chi connectivity index (χ4n) is 3.20. The van der Waals surface area contributed by atoms with Crippen LogP contribution in [0.1, 0.15) is 38.5 Å². The van der Waals surface area contributed by atoms with Gasteiger partial charge in [0.15, 0.2) is 0 Å². The van der Waals surface area contributed by atoms with E-state index in [0.29, 0.717) is 6.04 Å². The monoisotopic (exact) mass is 318 g/mol. The second-order valence-electron chi connectivity index (χ2n) is 6.09. The standard InChI is InChI=1S/C17H22N2O2S/c1-19(12-7-3-2-4-8-12)16(20)11-15-17(21)18-13-9-5-6-10-14(13)22-15/h5-6,9-10,12,15H,2-4,7-8,11H2,1H3,(H,18,21). The third-order valence-electron chi connectivity index (χ3n) is 4.58. The molecule has 4 nitrogen and oxygen atoms in total. The Labute approximate surface area is 135 Å². The molecule has 1 aliphatic heterocycles. The highest BCUT2D eigenvalue weighted by Crippen LogP contribution is 2.37. The van der Waals surface area contributed by atoms with Gasteiger partial charge in [0.1, 0.15) is 0 Å². The summed E-state index contributed by atoms with van der Waals surface area (Å²) in [5.41, 5.74) is 0.849. The Morgan fingerprint density at radius 1 is 1.27 bits per heavy atom. The SMILES string of the molecule is CN(C(=O)CC1Sc2ccccc2NC1=O)C1CCCCC1. The third-order valence-corrected chi connectivity index (χ3v) is 5.86. The molecule has 0 spiro atoms. The second kappa shape index (κ2) is 6.73. The number of thioether (sulfide) groups is 1. The highest BCUT2D eigenvalue weighted by molar-refractivity contribution is 8.01. The number of anilines is 1. The molecule has 0 bridgehead atoms. The van der Waals surface area contributed by atoms with Crippen LogP contribution in [0.2, 0.25) is 0 Å². The van der Waals surface area contributed by atoms with Gasteiger partial charge in [-0.05, 0) is 25.0 Å². The predicted octanol–water partition coefficient (Wildman–Crippen LogP) is 3.28. The summed E-state index contributed by atoms with van der Waals surface area (Å²) in [6.07, 6.45) is 6.14. The molecule has 1 unspecified atom stereocenters. The summed E-state index contributed by atoms with van der Waals surface area (Å²) in [5, 5.41) is 2.58. The lowest BCUT2D eigenvalue weighted by atomic mass is 9.94. The minimum atomic E-state index is -0.326. The van der Waals surface area contributed by atoms with Crippen LogP contribution in [0.25, 0.3) is 0 Å². The number of hydrogen-bond donors (Lipinski definition) is 1. The Balaban J connectivity index is 1.63. The van der Waals surface area contributed by atoms with Crippen molar-refractivity contribution in [1.29, 1.82) is 0 Å². The van der Waals surface area contributed by atoms with Gasteiger partial charge in [-0.1, -0.05) is 31.4 Å². The average Bonchev–Trinajstić information content (AvgIpc) is 2.55. The quantitative estimate of drug-likeness (QED) is 0.930. The zero-order chi connectivity index (χ0) is 15.5. The summed E-state index contributed by atoms with van der Waals surface area (Å²) in [6, 6.07) is 8.09.